The van der Waals surface area contributed by atoms with Crippen LogP contribution >= 0.6 is 0 Å². The van der Waals surface area contributed by atoms with Crippen molar-refractivity contribution in [2.45, 2.75) is 19.4 Å². The van der Waals surface area contributed by atoms with Crippen molar-refractivity contribution in [3.8, 4) is 11.8 Å². The Morgan fingerprint density at radius 1 is 1.20 bits per heavy atom. The lowest BCUT2D eigenvalue weighted by Gasteiger charge is -2.26. The Labute approximate surface area is 145 Å². The van der Waals surface area contributed by atoms with Crippen LogP contribution in [0.2, 0.25) is 0 Å². The molecule has 0 radical (unpaired) electrons. The minimum absolute atomic E-state index is 0.00375. The number of benzene rings is 1. The first-order chi connectivity index (χ1) is 12.0. The number of anilines is 1. The predicted octanol–water partition coefficient (Wildman–Crippen LogP) is 0.917. The topological polar surface area (TPSA) is 80.3 Å². The van der Waals surface area contributed by atoms with E-state index in [-0.39, 0.29) is 5.56 Å². The van der Waals surface area contributed by atoms with Gasteiger partial charge in [-0.15, -0.1) is 0 Å². The summed E-state index contributed by atoms with van der Waals surface area (Å²) in [5.41, 5.74) is 1.22. The molecule has 0 N–H and O–H groups in total. The van der Waals surface area contributed by atoms with Crippen molar-refractivity contribution in [2.24, 2.45) is 14.1 Å². The van der Waals surface area contributed by atoms with Gasteiger partial charge in [-0.2, -0.15) is 5.26 Å². The van der Waals surface area contributed by atoms with Gasteiger partial charge in [-0.25, -0.2) is 4.79 Å². The molecule has 130 valence electrons. The van der Waals surface area contributed by atoms with Crippen LogP contribution in [0.3, 0.4) is 0 Å². The fraction of sp³-hybridized carbons (Fsp3) is 0.389. The van der Waals surface area contributed by atoms with E-state index in [4.69, 9.17) is 4.74 Å². The highest BCUT2D eigenvalue weighted by atomic mass is 16.5. The molecule has 0 atom stereocenters. The maximum Gasteiger partial charge on any atom is 0.332 e. The normalized spacial score (nSPS) is 13.8. The van der Waals surface area contributed by atoms with Crippen molar-refractivity contribution in [2.75, 3.05) is 18.6 Å². The van der Waals surface area contributed by atoms with Crippen LogP contribution in [0.15, 0.2) is 27.8 Å². The zero-order chi connectivity index (χ0) is 18.1. The van der Waals surface area contributed by atoms with Crippen LogP contribution in [0.4, 0.5) is 5.82 Å². The predicted molar refractivity (Wildman–Crippen MR) is 94.0 cm³/mol. The summed E-state index contributed by atoms with van der Waals surface area (Å²) < 4.78 is 7.80. The second-order valence-corrected chi connectivity index (χ2v) is 6.14. The number of fused-ring (bicyclic) bond motifs is 1. The molecule has 3 rings (SSSR count). The molecule has 0 fully saturated rings. The lowest BCUT2D eigenvalue weighted by Crippen LogP contribution is -2.42. The van der Waals surface area contributed by atoms with Crippen molar-refractivity contribution in [1.29, 1.82) is 5.26 Å². The standard InChI is InChI=1S/C18H20N4O3/c1-20-16(14(10-19)17(23)21(2)18(20)24)22-9-5-7-13-12(11-22)6-4-8-15(13)25-3/h4,6,8H,5,7,9,11H2,1-3H3. The van der Waals surface area contributed by atoms with Crippen LogP contribution < -0.4 is 20.9 Å². The van der Waals surface area contributed by atoms with Gasteiger partial charge in [-0.1, -0.05) is 12.1 Å². The molecule has 7 heteroatoms. The van der Waals surface area contributed by atoms with Crippen molar-refractivity contribution in [3.63, 3.8) is 0 Å². The first-order valence-corrected chi connectivity index (χ1v) is 8.09. The molecule has 1 aromatic carbocycles. The van der Waals surface area contributed by atoms with E-state index in [0.29, 0.717) is 18.9 Å². The van der Waals surface area contributed by atoms with E-state index in [1.54, 1.807) is 14.2 Å². The molecule has 1 aliphatic heterocycles. The molecule has 2 aromatic rings. The minimum Gasteiger partial charge on any atom is -0.496 e. The van der Waals surface area contributed by atoms with Crippen molar-refractivity contribution >= 4 is 5.82 Å². The van der Waals surface area contributed by atoms with Gasteiger partial charge in [0.15, 0.2) is 5.56 Å². The third-order valence-electron chi connectivity index (χ3n) is 4.71. The molecule has 1 aliphatic rings. The summed E-state index contributed by atoms with van der Waals surface area (Å²) in [4.78, 5) is 26.6. The van der Waals surface area contributed by atoms with Gasteiger partial charge in [-0.3, -0.25) is 13.9 Å². The van der Waals surface area contributed by atoms with Gasteiger partial charge in [0.1, 0.15) is 17.6 Å². The van der Waals surface area contributed by atoms with Gasteiger partial charge < -0.3 is 9.64 Å². The Balaban J connectivity index is 2.17. The number of aromatic nitrogens is 2. The van der Waals surface area contributed by atoms with E-state index in [2.05, 4.69) is 0 Å². The molecule has 0 saturated carbocycles. The molecule has 0 spiro atoms. The number of nitrogens with zero attached hydrogens (tertiary/aromatic N) is 4. The van der Waals surface area contributed by atoms with Crippen LogP contribution in [-0.4, -0.2) is 22.8 Å². The third kappa shape index (κ3) is 2.70. The van der Waals surface area contributed by atoms with Crippen LogP contribution in [0.5, 0.6) is 5.75 Å². The number of hydrogen-bond acceptors (Lipinski definition) is 5. The molecule has 0 unspecified atom stereocenters. The average molecular weight is 340 g/mol. The Bertz CT molecular complexity index is 982. The number of methoxy groups -OCH3 is 1. The second kappa shape index (κ2) is 6.48. The molecule has 0 saturated heterocycles. The SMILES string of the molecule is COc1cccc2c1CCCN(c1c(C#N)c(=O)n(C)c(=O)n1C)C2. The number of nitriles is 1. The highest BCUT2D eigenvalue weighted by Gasteiger charge is 2.24. The maximum absolute atomic E-state index is 12.3. The van der Waals surface area contributed by atoms with Crippen LogP contribution in [0, 0.1) is 11.3 Å². The highest BCUT2D eigenvalue weighted by Crippen LogP contribution is 2.29. The number of rotatable bonds is 2. The van der Waals surface area contributed by atoms with E-state index < -0.39 is 11.2 Å². The van der Waals surface area contributed by atoms with Crippen molar-refractivity contribution in [1.82, 2.24) is 9.13 Å². The molecule has 0 bridgehead atoms. The summed E-state index contributed by atoms with van der Waals surface area (Å²) in [6.07, 6.45) is 1.68. The first kappa shape index (κ1) is 16.8. The average Bonchev–Trinajstić information content (AvgIpc) is 2.84. The molecule has 25 heavy (non-hydrogen) atoms. The molecule has 7 nitrogen and oxygen atoms in total. The van der Waals surface area contributed by atoms with Gasteiger partial charge in [-0.05, 0) is 30.0 Å². The summed E-state index contributed by atoms with van der Waals surface area (Å²) in [7, 11) is 4.63. The summed E-state index contributed by atoms with van der Waals surface area (Å²) in [6, 6.07) is 7.85. The Hall–Kier alpha value is -3.01. The maximum atomic E-state index is 12.3. The third-order valence-corrected chi connectivity index (χ3v) is 4.71. The first-order valence-electron chi connectivity index (χ1n) is 8.09. The van der Waals surface area contributed by atoms with Gasteiger partial charge in [0.05, 0.1) is 7.11 Å². The Kier molecular flexibility index (Phi) is 4.36. The smallest absolute Gasteiger partial charge is 0.332 e. The van der Waals surface area contributed by atoms with E-state index in [1.165, 1.54) is 11.6 Å². The highest BCUT2D eigenvalue weighted by molar-refractivity contribution is 5.55. The molecule has 2 heterocycles. The molecular formula is C18H20N4O3. The summed E-state index contributed by atoms with van der Waals surface area (Å²) in [5, 5.41) is 9.49. The molecule has 0 amide bonds. The summed E-state index contributed by atoms with van der Waals surface area (Å²) in [6.45, 7) is 1.16. The van der Waals surface area contributed by atoms with Gasteiger partial charge >= 0.3 is 5.69 Å². The number of hydrogen-bond donors (Lipinski definition) is 0. The summed E-state index contributed by atoms with van der Waals surface area (Å²) >= 11 is 0. The quantitative estimate of drug-likeness (QED) is 0.812. The lowest BCUT2D eigenvalue weighted by molar-refractivity contribution is 0.409. The van der Waals surface area contributed by atoms with Gasteiger partial charge in [0, 0.05) is 27.2 Å². The second-order valence-electron chi connectivity index (χ2n) is 6.14. The zero-order valence-electron chi connectivity index (χ0n) is 14.6. The Morgan fingerprint density at radius 2 is 1.96 bits per heavy atom. The van der Waals surface area contributed by atoms with Crippen LogP contribution in [-0.2, 0) is 27.1 Å². The van der Waals surface area contributed by atoms with E-state index in [0.717, 1.165) is 34.3 Å². The minimum atomic E-state index is -0.560. The van der Waals surface area contributed by atoms with Crippen LogP contribution in [0.1, 0.15) is 23.1 Å². The zero-order valence-corrected chi connectivity index (χ0v) is 14.6. The largest absolute Gasteiger partial charge is 0.496 e. The molecule has 1 aromatic heterocycles. The molecular weight excluding hydrogens is 320 g/mol. The van der Waals surface area contributed by atoms with Gasteiger partial charge in [0.2, 0.25) is 0 Å². The Morgan fingerprint density at radius 3 is 2.64 bits per heavy atom. The fourth-order valence-electron chi connectivity index (χ4n) is 3.45. The van der Waals surface area contributed by atoms with Crippen LogP contribution in [0.25, 0.3) is 0 Å². The monoisotopic (exact) mass is 340 g/mol. The van der Waals surface area contributed by atoms with E-state index >= 15 is 0 Å². The lowest BCUT2D eigenvalue weighted by atomic mass is 10.0. The van der Waals surface area contributed by atoms with Gasteiger partial charge in [0.25, 0.3) is 5.56 Å². The van der Waals surface area contributed by atoms with Crippen molar-refractivity contribution in [3.05, 3.63) is 55.7 Å². The summed E-state index contributed by atoms with van der Waals surface area (Å²) in [5.74, 6) is 1.23. The number of ether oxygens (including phenoxy) is 1. The van der Waals surface area contributed by atoms with Crippen molar-refractivity contribution < 1.29 is 4.74 Å². The van der Waals surface area contributed by atoms with E-state index in [1.807, 2.05) is 29.2 Å². The fourth-order valence-corrected chi connectivity index (χ4v) is 3.45. The van der Waals surface area contributed by atoms with E-state index in [9.17, 15) is 14.9 Å². The molecule has 0 aliphatic carbocycles.